The number of imidazole rings is 1. The van der Waals surface area contributed by atoms with Crippen LogP contribution in [0.4, 0.5) is 5.82 Å². The highest BCUT2D eigenvalue weighted by Crippen LogP contribution is 2.17. The van der Waals surface area contributed by atoms with Crippen molar-refractivity contribution in [2.75, 3.05) is 11.9 Å². The molecule has 0 aromatic carbocycles. The van der Waals surface area contributed by atoms with Crippen LogP contribution in [0.5, 0.6) is 0 Å². The Labute approximate surface area is 71.3 Å². The van der Waals surface area contributed by atoms with Crippen molar-refractivity contribution in [2.45, 2.75) is 13.0 Å². The van der Waals surface area contributed by atoms with E-state index in [1.54, 1.807) is 0 Å². The highest BCUT2D eigenvalue weighted by atomic mass is 15.2. The maximum Gasteiger partial charge on any atom is 0.132 e. The molecule has 0 fully saturated rings. The van der Waals surface area contributed by atoms with Crippen molar-refractivity contribution in [3.63, 3.8) is 0 Å². The van der Waals surface area contributed by atoms with E-state index in [4.69, 9.17) is 5.73 Å². The molecule has 0 aliphatic carbocycles. The molecule has 1 aromatic heterocycles. The summed E-state index contributed by atoms with van der Waals surface area (Å²) in [6.07, 6.45) is 6.52. The second-order valence-corrected chi connectivity index (χ2v) is 3.01. The molecule has 0 saturated carbocycles. The lowest BCUT2D eigenvalue weighted by atomic mass is 10.3. The van der Waals surface area contributed by atoms with Crippen molar-refractivity contribution in [1.82, 2.24) is 9.55 Å². The van der Waals surface area contributed by atoms with Crippen LogP contribution in [0.2, 0.25) is 0 Å². The van der Waals surface area contributed by atoms with Crippen LogP contribution in [0, 0.1) is 0 Å². The molecule has 0 bridgehead atoms. The van der Waals surface area contributed by atoms with Crippen molar-refractivity contribution < 1.29 is 0 Å². The molecule has 0 amide bonds. The minimum absolute atomic E-state index is 0.897. The standard InChI is InChI=1S/C8H12N4/c1-11-5-7(9)2-3-12-6-10-4-8(11)12/h4-6H,2-3,9H2,1H3. The van der Waals surface area contributed by atoms with Gasteiger partial charge in [-0.2, -0.15) is 0 Å². The van der Waals surface area contributed by atoms with Gasteiger partial charge in [0.25, 0.3) is 0 Å². The Bertz CT molecular complexity index is 313. The molecule has 2 N–H and O–H groups in total. The number of aryl methyl sites for hydroxylation is 1. The fraction of sp³-hybridized carbons (Fsp3) is 0.375. The number of nitrogens with zero attached hydrogens (tertiary/aromatic N) is 3. The van der Waals surface area contributed by atoms with Crippen LogP contribution >= 0.6 is 0 Å². The minimum atomic E-state index is 0.897. The van der Waals surface area contributed by atoms with E-state index in [0.29, 0.717) is 0 Å². The van der Waals surface area contributed by atoms with E-state index < -0.39 is 0 Å². The Balaban J connectivity index is 2.40. The van der Waals surface area contributed by atoms with Crippen LogP contribution in [0.1, 0.15) is 6.42 Å². The molecule has 1 aliphatic heterocycles. The van der Waals surface area contributed by atoms with Crippen LogP contribution in [-0.4, -0.2) is 16.6 Å². The van der Waals surface area contributed by atoms with E-state index in [2.05, 4.69) is 9.55 Å². The Morgan fingerprint density at radius 1 is 1.58 bits per heavy atom. The molecule has 0 unspecified atom stereocenters. The maximum absolute atomic E-state index is 5.75. The van der Waals surface area contributed by atoms with Gasteiger partial charge in [-0.3, -0.25) is 0 Å². The van der Waals surface area contributed by atoms with Gasteiger partial charge >= 0.3 is 0 Å². The zero-order chi connectivity index (χ0) is 8.55. The van der Waals surface area contributed by atoms with Gasteiger partial charge in [-0.15, -0.1) is 0 Å². The Hall–Kier alpha value is -1.45. The number of allylic oxidation sites excluding steroid dienone is 1. The average Bonchev–Trinajstić information content (AvgIpc) is 2.43. The van der Waals surface area contributed by atoms with Crippen molar-refractivity contribution in [3.05, 3.63) is 24.4 Å². The fourth-order valence-corrected chi connectivity index (χ4v) is 1.41. The van der Waals surface area contributed by atoms with Crippen LogP contribution in [-0.2, 0) is 6.54 Å². The predicted octanol–water partition coefficient (Wildman–Crippen LogP) is 0.523. The monoisotopic (exact) mass is 164 g/mol. The van der Waals surface area contributed by atoms with E-state index in [-0.39, 0.29) is 0 Å². The molecule has 0 spiro atoms. The van der Waals surface area contributed by atoms with Crippen LogP contribution < -0.4 is 10.6 Å². The summed E-state index contributed by atoms with van der Waals surface area (Å²) in [7, 11) is 1.98. The van der Waals surface area contributed by atoms with Crippen molar-refractivity contribution in [3.8, 4) is 0 Å². The minimum Gasteiger partial charge on any atom is -0.401 e. The first-order chi connectivity index (χ1) is 5.77. The summed E-state index contributed by atoms with van der Waals surface area (Å²) in [5.74, 6) is 1.09. The number of anilines is 1. The van der Waals surface area contributed by atoms with Gasteiger partial charge in [0, 0.05) is 31.9 Å². The smallest absolute Gasteiger partial charge is 0.132 e. The molecule has 2 rings (SSSR count). The molecule has 64 valence electrons. The Morgan fingerprint density at radius 2 is 2.42 bits per heavy atom. The van der Waals surface area contributed by atoms with Gasteiger partial charge in [0.15, 0.2) is 0 Å². The summed E-state index contributed by atoms with van der Waals surface area (Å²) in [4.78, 5) is 6.07. The topological polar surface area (TPSA) is 47.1 Å². The van der Waals surface area contributed by atoms with Gasteiger partial charge in [0.2, 0.25) is 0 Å². The summed E-state index contributed by atoms with van der Waals surface area (Å²) in [5, 5.41) is 0. The molecular weight excluding hydrogens is 152 g/mol. The van der Waals surface area contributed by atoms with Gasteiger partial charge < -0.3 is 15.2 Å². The summed E-state index contributed by atoms with van der Waals surface area (Å²) in [5.41, 5.74) is 6.67. The first-order valence-electron chi connectivity index (χ1n) is 3.96. The van der Waals surface area contributed by atoms with Crippen molar-refractivity contribution in [1.29, 1.82) is 0 Å². The third-order valence-corrected chi connectivity index (χ3v) is 2.05. The lowest BCUT2D eigenvalue weighted by Gasteiger charge is -2.12. The predicted molar refractivity (Wildman–Crippen MR) is 47.5 cm³/mol. The molecular formula is C8H12N4. The highest BCUT2D eigenvalue weighted by molar-refractivity contribution is 5.41. The van der Waals surface area contributed by atoms with E-state index in [9.17, 15) is 0 Å². The van der Waals surface area contributed by atoms with Gasteiger partial charge in [-0.1, -0.05) is 0 Å². The van der Waals surface area contributed by atoms with Crippen LogP contribution in [0.3, 0.4) is 0 Å². The highest BCUT2D eigenvalue weighted by Gasteiger charge is 2.09. The number of fused-ring (bicyclic) bond motifs is 1. The number of rotatable bonds is 0. The van der Waals surface area contributed by atoms with Gasteiger partial charge in [-0.25, -0.2) is 4.98 Å². The lowest BCUT2D eigenvalue weighted by molar-refractivity contribution is 0.699. The lowest BCUT2D eigenvalue weighted by Crippen LogP contribution is -2.11. The summed E-state index contributed by atoms with van der Waals surface area (Å²) in [6, 6.07) is 0. The first-order valence-corrected chi connectivity index (χ1v) is 3.96. The third kappa shape index (κ3) is 1.05. The molecule has 1 aromatic rings. The molecule has 0 radical (unpaired) electrons. The quantitative estimate of drug-likeness (QED) is 0.608. The molecule has 0 atom stereocenters. The number of hydrogen-bond acceptors (Lipinski definition) is 3. The number of hydrogen-bond donors (Lipinski definition) is 1. The first kappa shape index (κ1) is 7.21. The van der Waals surface area contributed by atoms with E-state index in [1.807, 2.05) is 30.7 Å². The van der Waals surface area contributed by atoms with Crippen LogP contribution in [0.15, 0.2) is 24.4 Å². The van der Waals surface area contributed by atoms with E-state index in [1.165, 1.54) is 0 Å². The molecule has 1 aliphatic rings. The second-order valence-electron chi connectivity index (χ2n) is 3.01. The van der Waals surface area contributed by atoms with Gasteiger partial charge in [0.1, 0.15) is 5.82 Å². The molecule has 4 heteroatoms. The summed E-state index contributed by atoms with van der Waals surface area (Å²) < 4.78 is 2.09. The zero-order valence-electron chi connectivity index (χ0n) is 7.07. The Morgan fingerprint density at radius 3 is 3.25 bits per heavy atom. The average molecular weight is 164 g/mol. The Kier molecular flexibility index (Phi) is 1.53. The number of aromatic nitrogens is 2. The second kappa shape index (κ2) is 2.55. The molecule has 4 nitrogen and oxygen atoms in total. The largest absolute Gasteiger partial charge is 0.401 e. The molecule has 2 heterocycles. The zero-order valence-corrected chi connectivity index (χ0v) is 7.07. The van der Waals surface area contributed by atoms with Crippen molar-refractivity contribution >= 4 is 5.82 Å². The SMILES string of the molecule is CN1C=C(N)CCn2cncc21. The molecule has 0 saturated heterocycles. The normalized spacial score (nSPS) is 16.8. The molecule has 12 heavy (non-hydrogen) atoms. The maximum atomic E-state index is 5.75. The summed E-state index contributed by atoms with van der Waals surface area (Å²) >= 11 is 0. The van der Waals surface area contributed by atoms with Gasteiger partial charge in [-0.05, 0) is 0 Å². The van der Waals surface area contributed by atoms with Crippen molar-refractivity contribution in [2.24, 2.45) is 5.73 Å². The number of nitrogens with two attached hydrogens (primary N) is 1. The van der Waals surface area contributed by atoms with E-state index >= 15 is 0 Å². The summed E-state index contributed by atoms with van der Waals surface area (Å²) in [6.45, 7) is 0.919. The third-order valence-electron chi connectivity index (χ3n) is 2.05. The van der Waals surface area contributed by atoms with Gasteiger partial charge in [0.05, 0.1) is 12.5 Å². The fourth-order valence-electron chi connectivity index (χ4n) is 1.41. The van der Waals surface area contributed by atoms with Crippen LogP contribution in [0.25, 0.3) is 0 Å². The van der Waals surface area contributed by atoms with E-state index in [0.717, 1.165) is 24.5 Å².